The number of primary amides is 1. The van der Waals surface area contributed by atoms with Gasteiger partial charge in [0.15, 0.2) is 0 Å². The molecule has 1 aromatic heterocycles. The fourth-order valence-corrected chi connectivity index (χ4v) is 5.81. The number of nitrogens with two attached hydrogens (primary N) is 1. The van der Waals surface area contributed by atoms with Crippen LogP contribution in [0.25, 0.3) is 6.08 Å². The molecule has 4 bridgehead atoms. The van der Waals surface area contributed by atoms with E-state index in [0.29, 0.717) is 17.4 Å². The van der Waals surface area contributed by atoms with Gasteiger partial charge >= 0.3 is 0 Å². The lowest BCUT2D eigenvalue weighted by molar-refractivity contribution is -0.0993. The van der Waals surface area contributed by atoms with Crippen molar-refractivity contribution in [3.63, 3.8) is 0 Å². The summed E-state index contributed by atoms with van der Waals surface area (Å²) in [4.78, 5) is 16.3. The van der Waals surface area contributed by atoms with Crippen LogP contribution in [0.15, 0.2) is 12.3 Å². The van der Waals surface area contributed by atoms with Gasteiger partial charge in [-0.2, -0.15) is 0 Å². The average Bonchev–Trinajstić information content (AvgIpc) is 3.03. The van der Waals surface area contributed by atoms with Crippen molar-refractivity contribution < 1.29 is 9.90 Å². The molecule has 24 heavy (non-hydrogen) atoms. The van der Waals surface area contributed by atoms with E-state index < -0.39 is 5.91 Å². The molecule has 6 atom stereocenters. The predicted octanol–water partition coefficient (Wildman–Crippen LogP) is 1.96. The molecule has 1 unspecified atom stereocenters. The predicted molar refractivity (Wildman–Crippen MR) is 91.3 cm³/mol. The molecule has 0 radical (unpaired) electrons. The minimum Gasteiger partial charge on any atom is -0.392 e. The largest absolute Gasteiger partial charge is 0.392 e. The second-order valence-electron chi connectivity index (χ2n) is 8.03. The Morgan fingerprint density at radius 3 is 2.92 bits per heavy atom. The van der Waals surface area contributed by atoms with E-state index in [-0.39, 0.29) is 18.1 Å². The highest BCUT2D eigenvalue weighted by Gasteiger charge is 2.53. The molecule has 1 amide bonds. The van der Waals surface area contributed by atoms with Gasteiger partial charge in [-0.25, -0.2) is 0 Å². The lowest BCUT2D eigenvalue weighted by Gasteiger charge is -2.57. The Labute approximate surface area is 141 Å². The number of carbonyl (C=O) groups excluding carboxylic acids is 1. The topological polar surface area (TPSA) is 88.2 Å². The summed E-state index contributed by atoms with van der Waals surface area (Å²) in [6.45, 7) is 0. The number of pyridine rings is 1. The van der Waals surface area contributed by atoms with Gasteiger partial charge in [0.1, 0.15) is 0 Å². The maximum atomic E-state index is 11.9. The number of amides is 1. The van der Waals surface area contributed by atoms with E-state index in [1.807, 2.05) is 6.08 Å². The first-order chi connectivity index (χ1) is 11.6. The summed E-state index contributed by atoms with van der Waals surface area (Å²) < 4.78 is 0. The molecule has 0 saturated heterocycles. The van der Waals surface area contributed by atoms with Gasteiger partial charge in [-0.3, -0.25) is 9.78 Å². The zero-order chi connectivity index (χ0) is 16.4. The number of carbonyl (C=O) groups is 1. The molecule has 5 aliphatic carbocycles. The standard InChI is InChI=1S/C19H23N3O2/c20-19(24)14-8-21-15-3-1-2-12(15)17(14)22-16-10-4-9-5-11(7-10)18(23)13(16)6-9/h1-2,8-11,13,16,18,23H,3-7H2,(H2,20,24)(H,21,22)/t9?,10-,11+,13-,16+,18-/m1/s1. The Hall–Kier alpha value is -1.88. The van der Waals surface area contributed by atoms with E-state index in [1.54, 1.807) is 6.20 Å². The molecule has 4 fully saturated rings. The van der Waals surface area contributed by atoms with E-state index in [1.165, 1.54) is 12.8 Å². The molecule has 126 valence electrons. The van der Waals surface area contributed by atoms with Gasteiger partial charge in [0.05, 0.1) is 23.0 Å². The van der Waals surface area contributed by atoms with Crippen molar-refractivity contribution in [2.24, 2.45) is 29.4 Å². The number of nitrogens with one attached hydrogen (secondary N) is 1. The highest BCUT2D eigenvalue weighted by molar-refractivity contribution is 6.00. The number of fused-ring (bicyclic) bond motifs is 1. The molecular weight excluding hydrogens is 302 g/mol. The molecule has 4 N–H and O–H groups in total. The average molecular weight is 325 g/mol. The van der Waals surface area contributed by atoms with Crippen molar-refractivity contribution in [1.29, 1.82) is 0 Å². The smallest absolute Gasteiger partial charge is 0.252 e. The zero-order valence-electron chi connectivity index (χ0n) is 13.6. The van der Waals surface area contributed by atoms with Crippen LogP contribution in [0.1, 0.15) is 47.3 Å². The lowest BCUT2D eigenvalue weighted by Crippen LogP contribution is -2.58. The highest BCUT2D eigenvalue weighted by atomic mass is 16.3. The third-order valence-electron chi connectivity index (χ3n) is 6.75. The van der Waals surface area contributed by atoms with Gasteiger partial charge in [0, 0.05) is 30.1 Å². The van der Waals surface area contributed by atoms with Crippen molar-refractivity contribution in [3.8, 4) is 0 Å². The Morgan fingerprint density at radius 1 is 1.25 bits per heavy atom. The molecule has 1 aromatic rings. The van der Waals surface area contributed by atoms with Crippen molar-refractivity contribution in [2.75, 3.05) is 5.32 Å². The molecule has 0 aliphatic heterocycles. The number of nitrogens with zero attached hydrogens (tertiary/aromatic N) is 1. The van der Waals surface area contributed by atoms with Crippen LogP contribution in [0.2, 0.25) is 0 Å². The minimum absolute atomic E-state index is 0.210. The van der Waals surface area contributed by atoms with Crippen LogP contribution in [0.5, 0.6) is 0 Å². The fourth-order valence-electron chi connectivity index (χ4n) is 5.81. The van der Waals surface area contributed by atoms with Gasteiger partial charge in [-0.1, -0.05) is 12.2 Å². The van der Waals surface area contributed by atoms with Crippen LogP contribution < -0.4 is 11.1 Å². The van der Waals surface area contributed by atoms with Crippen molar-refractivity contribution in [3.05, 3.63) is 29.1 Å². The van der Waals surface area contributed by atoms with Crippen LogP contribution in [0.3, 0.4) is 0 Å². The summed E-state index contributed by atoms with van der Waals surface area (Å²) in [6, 6.07) is 0.228. The van der Waals surface area contributed by atoms with Crippen LogP contribution >= 0.6 is 0 Å². The van der Waals surface area contributed by atoms with Crippen LogP contribution in [-0.4, -0.2) is 28.1 Å². The second kappa shape index (κ2) is 5.06. The van der Waals surface area contributed by atoms with E-state index >= 15 is 0 Å². The van der Waals surface area contributed by atoms with Gasteiger partial charge in [-0.05, 0) is 43.4 Å². The third kappa shape index (κ3) is 1.97. The van der Waals surface area contributed by atoms with E-state index in [4.69, 9.17) is 5.73 Å². The lowest BCUT2D eigenvalue weighted by atomic mass is 9.53. The number of aliphatic hydroxyl groups is 1. The monoisotopic (exact) mass is 325 g/mol. The maximum Gasteiger partial charge on any atom is 0.252 e. The van der Waals surface area contributed by atoms with Crippen LogP contribution in [0, 0.1) is 23.7 Å². The highest BCUT2D eigenvalue weighted by Crippen LogP contribution is 2.54. The SMILES string of the molecule is NC(=O)c1cnc2c(c1N[C@H]1[C@@H]3CC4C[C@@H](C3)[C@@H](O)[C@@H]1C4)C=CC2. The summed E-state index contributed by atoms with van der Waals surface area (Å²) in [7, 11) is 0. The second-order valence-corrected chi connectivity index (χ2v) is 8.03. The molecule has 5 heteroatoms. The number of allylic oxidation sites excluding steroid dienone is 1. The molecule has 1 heterocycles. The molecule has 5 aliphatic rings. The van der Waals surface area contributed by atoms with E-state index in [2.05, 4.69) is 16.4 Å². The number of hydrogen-bond donors (Lipinski definition) is 3. The number of aromatic nitrogens is 1. The summed E-state index contributed by atoms with van der Waals surface area (Å²) in [5, 5.41) is 14.3. The Kier molecular flexibility index (Phi) is 3.05. The van der Waals surface area contributed by atoms with Gasteiger partial charge < -0.3 is 16.2 Å². The van der Waals surface area contributed by atoms with Crippen molar-refractivity contribution >= 4 is 17.7 Å². The molecular formula is C19H23N3O2. The number of hydrogen-bond acceptors (Lipinski definition) is 4. The van der Waals surface area contributed by atoms with Crippen LogP contribution in [0.4, 0.5) is 5.69 Å². The summed E-state index contributed by atoms with van der Waals surface area (Å²) in [5.41, 5.74) is 8.87. The van der Waals surface area contributed by atoms with Gasteiger partial charge in [0.25, 0.3) is 5.91 Å². The van der Waals surface area contributed by atoms with E-state index in [0.717, 1.165) is 42.1 Å². The van der Waals surface area contributed by atoms with Gasteiger partial charge in [0.2, 0.25) is 0 Å². The summed E-state index contributed by atoms with van der Waals surface area (Å²) in [6.07, 6.45) is 10.9. The number of aliphatic hydroxyl groups excluding tert-OH is 1. The number of rotatable bonds is 3. The van der Waals surface area contributed by atoms with Crippen LogP contribution in [-0.2, 0) is 6.42 Å². The zero-order valence-corrected chi connectivity index (χ0v) is 13.6. The first kappa shape index (κ1) is 14.5. The minimum atomic E-state index is -0.447. The number of anilines is 1. The molecule has 0 spiro atoms. The molecule has 5 nitrogen and oxygen atoms in total. The molecule has 6 rings (SSSR count). The quantitative estimate of drug-likeness (QED) is 0.792. The Morgan fingerprint density at radius 2 is 2.08 bits per heavy atom. The van der Waals surface area contributed by atoms with E-state index in [9.17, 15) is 9.90 Å². The summed E-state index contributed by atoms with van der Waals surface area (Å²) >= 11 is 0. The molecule has 0 aromatic carbocycles. The first-order valence-electron chi connectivity index (χ1n) is 9.04. The third-order valence-corrected chi connectivity index (χ3v) is 6.75. The first-order valence-corrected chi connectivity index (χ1v) is 9.04. The normalized spacial score (nSPS) is 38.4. The Bertz CT molecular complexity index is 744. The fraction of sp³-hybridized carbons (Fsp3) is 0.579. The molecule has 4 saturated carbocycles. The van der Waals surface area contributed by atoms with Gasteiger partial charge in [-0.15, -0.1) is 0 Å². The summed E-state index contributed by atoms with van der Waals surface area (Å²) in [5.74, 6) is 1.68. The Balaban J connectivity index is 1.53. The maximum absolute atomic E-state index is 11.9. The van der Waals surface area contributed by atoms with Crippen molar-refractivity contribution in [2.45, 2.75) is 44.2 Å². The van der Waals surface area contributed by atoms with Crippen molar-refractivity contribution in [1.82, 2.24) is 4.98 Å².